The van der Waals surface area contributed by atoms with E-state index < -0.39 is 5.91 Å². The average molecular weight is 357 g/mol. The lowest BCUT2D eigenvalue weighted by Gasteiger charge is -1.99. The fraction of sp³-hybridized carbons (Fsp3) is 0. The Morgan fingerprint density at radius 1 is 0.852 bits per heavy atom. The molecule has 132 valence electrons. The largest absolute Gasteiger partial charge is 0.364 e. The van der Waals surface area contributed by atoms with Gasteiger partial charge in [0, 0.05) is 54.6 Å². The zero-order valence-corrected chi connectivity index (χ0v) is 14.2. The summed E-state index contributed by atoms with van der Waals surface area (Å²) in [6.45, 7) is 0. The maximum atomic E-state index is 11.6. The van der Waals surface area contributed by atoms with E-state index in [-0.39, 0.29) is 5.70 Å². The van der Waals surface area contributed by atoms with E-state index in [4.69, 9.17) is 5.73 Å². The number of hydrogen-bond acceptors (Lipinski definition) is 7. The van der Waals surface area contributed by atoms with Gasteiger partial charge in [-0.1, -0.05) is 12.1 Å². The maximum absolute atomic E-state index is 11.6. The highest BCUT2D eigenvalue weighted by atomic mass is 16.1. The van der Waals surface area contributed by atoms with Crippen molar-refractivity contribution in [2.45, 2.75) is 0 Å². The number of primary amides is 1. The second-order valence-electron chi connectivity index (χ2n) is 5.22. The van der Waals surface area contributed by atoms with Crippen LogP contribution in [0.2, 0.25) is 0 Å². The number of benzene rings is 1. The molecule has 27 heavy (non-hydrogen) atoms. The van der Waals surface area contributed by atoms with Crippen molar-refractivity contribution in [2.24, 2.45) is 35.9 Å². The predicted octanol–water partition coefficient (Wildman–Crippen LogP) is 0.433. The first-order valence-corrected chi connectivity index (χ1v) is 7.94. The number of aliphatic imine (C=N–C) groups is 4. The number of hydrogen-bond donors (Lipinski definition) is 1. The van der Waals surface area contributed by atoms with Gasteiger partial charge in [-0.15, -0.1) is 0 Å². The lowest BCUT2D eigenvalue weighted by atomic mass is 10.1. The Bertz CT molecular complexity index is 1100. The molecule has 0 bridgehead atoms. The fourth-order valence-electron chi connectivity index (χ4n) is 2.24. The van der Waals surface area contributed by atoms with Gasteiger partial charge in [0.1, 0.15) is 5.70 Å². The Labute approximate surface area is 154 Å². The van der Waals surface area contributed by atoms with Crippen LogP contribution in [0.4, 0.5) is 0 Å². The van der Waals surface area contributed by atoms with Crippen LogP contribution in [0.15, 0.2) is 78.8 Å². The molecule has 2 aliphatic rings. The second kappa shape index (κ2) is 8.86. The first-order chi connectivity index (χ1) is 13.3. The first kappa shape index (κ1) is 17.7. The molecule has 1 amide bonds. The van der Waals surface area contributed by atoms with Gasteiger partial charge < -0.3 is 5.73 Å². The highest BCUT2D eigenvalue weighted by molar-refractivity contribution is 6.17. The van der Waals surface area contributed by atoms with Crippen LogP contribution in [-0.4, -0.2) is 37.0 Å². The minimum atomic E-state index is -0.648. The monoisotopic (exact) mass is 357 g/mol. The van der Waals surface area contributed by atoms with E-state index in [9.17, 15) is 4.79 Å². The van der Waals surface area contributed by atoms with Crippen LogP contribution in [0.25, 0.3) is 6.08 Å². The summed E-state index contributed by atoms with van der Waals surface area (Å²) in [6, 6.07) is 3.71. The quantitative estimate of drug-likeness (QED) is 0.771. The molecule has 0 spiro atoms. The highest BCUT2D eigenvalue weighted by Crippen LogP contribution is 2.00. The molecule has 2 aliphatic heterocycles. The molecule has 0 saturated carbocycles. The Hall–Kier alpha value is -4.07. The highest BCUT2D eigenvalue weighted by Gasteiger charge is 2.07. The molecule has 3 rings (SSSR count). The summed E-state index contributed by atoms with van der Waals surface area (Å²) in [6.07, 6.45) is 17.3. The number of amides is 1. The number of fused-ring (bicyclic) bond motifs is 3. The Morgan fingerprint density at radius 3 is 2.56 bits per heavy atom. The molecule has 8 heteroatoms. The van der Waals surface area contributed by atoms with Crippen molar-refractivity contribution < 1.29 is 4.79 Å². The van der Waals surface area contributed by atoms with Crippen molar-refractivity contribution >= 4 is 43.1 Å². The van der Waals surface area contributed by atoms with Crippen molar-refractivity contribution in [3.05, 3.63) is 70.3 Å². The molecule has 1 aromatic rings. The minimum Gasteiger partial charge on any atom is -0.364 e. The average Bonchev–Trinajstić information content (AvgIpc) is 3.13. The van der Waals surface area contributed by atoms with Gasteiger partial charge in [0.05, 0.1) is 11.6 Å². The van der Waals surface area contributed by atoms with E-state index in [1.165, 1.54) is 24.8 Å². The Kier molecular flexibility index (Phi) is 5.82. The van der Waals surface area contributed by atoms with E-state index in [0.717, 1.165) is 21.7 Å². The van der Waals surface area contributed by atoms with Gasteiger partial charge >= 0.3 is 0 Å². The summed E-state index contributed by atoms with van der Waals surface area (Å²) in [4.78, 5) is 27.9. The molecule has 0 fully saturated rings. The number of carbonyl (C=O) groups is 1. The van der Waals surface area contributed by atoms with Crippen LogP contribution in [-0.2, 0) is 4.79 Å². The molecule has 0 aliphatic carbocycles. The van der Waals surface area contributed by atoms with Crippen molar-refractivity contribution in [3.63, 3.8) is 0 Å². The Balaban J connectivity index is 2.15. The number of nitrogens with zero attached hydrogens (tertiary/aromatic N) is 6. The third-order valence-electron chi connectivity index (χ3n) is 3.48. The van der Waals surface area contributed by atoms with E-state index in [2.05, 4.69) is 30.2 Å². The molecule has 8 nitrogen and oxygen atoms in total. The second-order valence-corrected chi connectivity index (χ2v) is 5.22. The normalized spacial score (nSPS) is 15.5. The van der Waals surface area contributed by atoms with Crippen molar-refractivity contribution in [3.8, 4) is 0 Å². The Morgan fingerprint density at radius 2 is 1.70 bits per heavy atom. The molecule has 2 heterocycles. The van der Waals surface area contributed by atoms with Crippen molar-refractivity contribution in [1.29, 1.82) is 0 Å². The zero-order valence-electron chi connectivity index (χ0n) is 14.2. The molecule has 0 aromatic heterocycles. The maximum Gasteiger partial charge on any atom is 0.267 e. The van der Waals surface area contributed by atoms with Crippen LogP contribution >= 0.6 is 0 Å². The smallest absolute Gasteiger partial charge is 0.267 e. The van der Waals surface area contributed by atoms with E-state index >= 15 is 0 Å². The minimum absolute atomic E-state index is 0.0920. The molecule has 0 radical (unpaired) electrons. The van der Waals surface area contributed by atoms with Gasteiger partial charge in [-0.2, -0.15) is 10.2 Å². The van der Waals surface area contributed by atoms with Gasteiger partial charge in [0.25, 0.3) is 5.91 Å². The predicted molar refractivity (Wildman–Crippen MR) is 108 cm³/mol. The van der Waals surface area contributed by atoms with Crippen LogP contribution in [0.3, 0.4) is 0 Å². The lowest BCUT2D eigenvalue weighted by Crippen LogP contribution is -2.20. The van der Waals surface area contributed by atoms with Crippen molar-refractivity contribution in [2.75, 3.05) is 0 Å². The topological polar surface area (TPSA) is 117 Å². The zero-order chi connectivity index (χ0) is 18.9. The lowest BCUT2D eigenvalue weighted by molar-refractivity contribution is -0.114. The van der Waals surface area contributed by atoms with Gasteiger partial charge in [0.2, 0.25) is 0 Å². The van der Waals surface area contributed by atoms with Crippen LogP contribution < -0.4 is 16.3 Å². The summed E-state index contributed by atoms with van der Waals surface area (Å²) in [5.74, 6) is -0.648. The molecular formula is C19H15N7O. The number of carbonyl (C=O) groups excluding carboxylic acids is 1. The molecule has 1 aromatic carbocycles. The first-order valence-electron chi connectivity index (χ1n) is 7.94. The summed E-state index contributed by atoms with van der Waals surface area (Å²) in [7, 11) is 0. The van der Waals surface area contributed by atoms with Crippen LogP contribution in [0.1, 0.15) is 11.1 Å². The third kappa shape index (κ3) is 4.73. The fourth-order valence-corrected chi connectivity index (χ4v) is 2.24. The number of nitrogens with two attached hydrogens (primary N) is 1. The SMILES string of the molecule is NC(=O)C1=CC=c2ccc3c(c2C=NC=CC=NC=CN=CC=N1)C=NN=3. The van der Waals surface area contributed by atoms with E-state index in [1.54, 1.807) is 43.1 Å². The van der Waals surface area contributed by atoms with E-state index in [1.807, 2.05) is 12.1 Å². The van der Waals surface area contributed by atoms with Gasteiger partial charge in [-0.05, 0) is 23.4 Å². The van der Waals surface area contributed by atoms with E-state index in [0.29, 0.717) is 0 Å². The summed E-state index contributed by atoms with van der Waals surface area (Å²) in [5.41, 5.74) is 7.14. The summed E-state index contributed by atoms with van der Waals surface area (Å²) >= 11 is 0. The number of allylic oxidation sites excluding steroid dienone is 2. The van der Waals surface area contributed by atoms with Gasteiger partial charge in [0.15, 0.2) is 0 Å². The van der Waals surface area contributed by atoms with Gasteiger partial charge in [-0.25, -0.2) is 4.99 Å². The molecular weight excluding hydrogens is 342 g/mol. The van der Waals surface area contributed by atoms with Crippen molar-refractivity contribution in [1.82, 2.24) is 0 Å². The molecule has 2 N–H and O–H groups in total. The van der Waals surface area contributed by atoms with Crippen LogP contribution in [0.5, 0.6) is 0 Å². The van der Waals surface area contributed by atoms with Gasteiger partial charge in [-0.3, -0.25) is 19.8 Å². The van der Waals surface area contributed by atoms with Crippen LogP contribution in [0, 0.1) is 0 Å². The summed E-state index contributed by atoms with van der Waals surface area (Å²) in [5, 5.41) is 9.57. The molecule has 0 atom stereocenters. The standard InChI is InChI=1S/C19H15N7O/c20-19(27)18-5-3-14-2-4-17-16(13-25-26-17)15(14)12-23-7-1-6-21-8-9-22-10-11-24-18/h1-13H,(H2,20,27). The third-order valence-corrected chi connectivity index (χ3v) is 3.48. The summed E-state index contributed by atoms with van der Waals surface area (Å²) < 4.78 is 0. The molecule has 0 unspecified atom stereocenters. The molecule has 0 saturated heterocycles. The number of rotatable bonds is 1.